The van der Waals surface area contributed by atoms with Crippen LogP contribution in [0.5, 0.6) is 0 Å². The molecule has 0 saturated carbocycles. The minimum atomic E-state index is 0.542. The quantitative estimate of drug-likeness (QED) is 0.910. The van der Waals surface area contributed by atoms with Gasteiger partial charge < -0.3 is 5.32 Å². The summed E-state index contributed by atoms with van der Waals surface area (Å²) in [5.74, 6) is 2.37. The first kappa shape index (κ1) is 12.4. The average Bonchev–Trinajstić information content (AvgIpc) is 2.88. The molecule has 0 amide bonds. The fraction of sp³-hybridized carbons (Fsp3) is 0.714. The first-order valence-electron chi connectivity index (χ1n) is 7.09. The number of aryl methyl sites for hydroxylation is 1. The summed E-state index contributed by atoms with van der Waals surface area (Å²) in [6.45, 7) is 4.12. The van der Waals surface area contributed by atoms with Crippen LogP contribution in [-0.4, -0.2) is 15.7 Å². The number of nitrogens with one attached hydrogen (secondary N) is 1. The average molecular weight is 263 g/mol. The highest BCUT2D eigenvalue weighted by Gasteiger charge is 2.24. The molecule has 4 heteroatoms. The van der Waals surface area contributed by atoms with E-state index < -0.39 is 0 Å². The lowest BCUT2D eigenvalue weighted by molar-refractivity contribution is 0.653. The van der Waals surface area contributed by atoms with Gasteiger partial charge in [-0.15, -0.1) is 0 Å². The third-order valence-electron chi connectivity index (χ3n) is 3.74. The smallest absolute Gasteiger partial charge is 0.141 e. The Labute approximate surface area is 113 Å². The Morgan fingerprint density at radius 2 is 2.22 bits per heavy atom. The maximum atomic E-state index is 4.89. The summed E-state index contributed by atoms with van der Waals surface area (Å²) >= 11 is 2.04. The van der Waals surface area contributed by atoms with E-state index in [4.69, 9.17) is 9.97 Å². The summed E-state index contributed by atoms with van der Waals surface area (Å²) in [4.78, 5) is 9.71. The number of hydrogen-bond acceptors (Lipinski definition) is 4. The van der Waals surface area contributed by atoms with E-state index in [0.717, 1.165) is 25.3 Å². The van der Waals surface area contributed by atoms with E-state index in [0.29, 0.717) is 5.25 Å². The lowest BCUT2D eigenvalue weighted by Crippen LogP contribution is -2.11. The van der Waals surface area contributed by atoms with Crippen LogP contribution in [0.1, 0.15) is 60.6 Å². The van der Waals surface area contributed by atoms with Crippen molar-refractivity contribution in [2.75, 3.05) is 5.75 Å². The van der Waals surface area contributed by atoms with Crippen molar-refractivity contribution in [3.8, 4) is 0 Å². The molecule has 0 aliphatic carbocycles. The van der Waals surface area contributed by atoms with Gasteiger partial charge in [-0.2, -0.15) is 11.8 Å². The first-order valence-corrected chi connectivity index (χ1v) is 8.14. The fourth-order valence-electron chi connectivity index (χ4n) is 2.79. The summed E-state index contributed by atoms with van der Waals surface area (Å²) in [6.07, 6.45) is 6.20. The van der Waals surface area contributed by atoms with Crippen molar-refractivity contribution in [1.29, 1.82) is 0 Å². The van der Waals surface area contributed by atoms with Crippen molar-refractivity contribution in [3.05, 3.63) is 22.8 Å². The standard InChI is InChI=1S/C14H21N3S/c1-2-5-11-10-8-15-9-12(10)17-14(16-11)13-6-3-4-7-18-13/h13,15H,2-9H2,1H3. The molecular weight excluding hydrogens is 242 g/mol. The predicted molar refractivity (Wildman–Crippen MR) is 75.6 cm³/mol. The number of aromatic nitrogens is 2. The van der Waals surface area contributed by atoms with Gasteiger partial charge in [-0.05, 0) is 25.0 Å². The van der Waals surface area contributed by atoms with Gasteiger partial charge in [-0.25, -0.2) is 9.97 Å². The van der Waals surface area contributed by atoms with Gasteiger partial charge in [0.25, 0.3) is 0 Å². The molecule has 2 aliphatic rings. The molecule has 1 saturated heterocycles. The van der Waals surface area contributed by atoms with Gasteiger partial charge in [-0.1, -0.05) is 19.8 Å². The van der Waals surface area contributed by atoms with Crippen LogP contribution < -0.4 is 5.32 Å². The summed E-state index contributed by atoms with van der Waals surface area (Å²) in [7, 11) is 0. The number of fused-ring (bicyclic) bond motifs is 1. The number of hydrogen-bond donors (Lipinski definition) is 1. The second-order valence-corrected chi connectivity index (χ2v) is 6.47. The molecule has 1 aromatic rings. The SMILES string of the molecule is CCCc1nc(C2CCCCS2)nc2c1CNC2. The van der Waals surface area contributed by atoms with E-state index in [1.165, 1.54) is 48.4 Å². The van der Waals surface area contributed by atoms with Gasteiger partial charge in [0, 0.05) is 24.3 Å². The highest BCUT2D eigenvalue weighted by Crippen LogP contribution is 2.37. The molecule has 1 N–H and O–H groups in total. The predicted octanol–water partition coefficient (Wildman–Crippen LogP) is 2.99. The van der Waals surface area contributed by atoms with Crippen LogP contribution >= 0.6 is 11.8 Å². The summed E-state index contributed by atoms with van der Waals surface area (Å²) in [6, 6.07) is 0. The van der Waals surface area contributed by atoms with Crippen molar-refractivity contribution in [2.24, 2.45) is 0 Å². The molecule has 0 bridgehead atoms. The Morgan fingerprint density at radius 3 is 3.00 bits per heavy atom. The normalized spacial score (nSPS) is 23.1. The van der Waals surface area contributed by atoms with Gasteiger partial charge in [0.05, 0.1) is 10.9 Å². The van der Waals surface area contributed by atoms with E-state index in [1.54, 1.807) is 0 Å². The molecule has 3 rings (SSSR count). The van der Waals surface area contributed by atoms with Gasteiger partial charge in [0.1, 0.15) is 5.82 Å². The second-order valence-electron chi connectivity index (χ2n) is 5.16. The van der Waals surface area contributed by atoms with Crippen molar-refractivity contribution in [3.63, 3.8) is 0 Å². The molecule has 0 aromatic carbocycles. The lowest BCUT2D eigenvalue weighted by atomic mass is 10.1. The van der Waals surface area contributed by atoms with Crippen molar-refractivity contribution >= 4 is 11.8 Å². The Kier molecular flexibility index (Phi) is 3.85. The molecule has 0 radical (unpaired) electrons. The maximum absolute atomic E-state index is 4.89. The Morgan fingerprint density at radius 1 is 1.28 bits per heavy atom. The van der Waals surface area contributed by atoms with Crippen molar-refractivity contribution < 1.29 is 0 Å². The lowest BCUT2D eigenvalue weighted by Gasteiger charge is -2.21. The van der Waals surface area contributed by atoms with E-state index >= 15 is 0 Å². The van der Waals surface area contributed by atoms with Crippen LogP contribution in [0.15, 0.2) is 0 Å². The van der Waals surface area contributed by atoms with Gasteiger partial charge >= 0.3 is 0 Å². The van der Waals surface area contributed by atoms with Gasteiger partial charge in [-0.3, -0.25) is 0 Å². The maximum Gasteiger partial charge on any atom is 0.141 e. The third kappa shape index (κ3) is 2.41. The van der Waals surface area contributed by atoms with Gasteiger partial charge in [0.15, 0.2) is 0 Å². The minimum Gasteiger partial charge on any atom is -0.307 e. The molecule has 3 heterocycles. The summed E-state index contributed by atoms with van der Waals surface area (Å²) in [5.41, 5.74) is 3.93. The zero-order valence-electron chi connectivity index (χ0n) is 11.0. The highest BCUT2D eigenvalue weighted by molar-refractivity contribution is 7.99. The van der Waals surface area contributed by atoms with Crippen LogP contribution in [0, 0.1) is 0 Å². The van der Waals surface area contributed by atoms with Crippen LogP contribution in [-0.2, 0) is 19.5 Å². The van der Waals surface area contributed by atoms with Crippen LogP contribution in [0.3, 0.4) is 0 Å². The molecule has 18 heavy (non-hydrogen) atoms. The van der Waals surface area contributed by atoms with Crippen LogP contribution in [0.4, 0.5) is 0 Å². The molecule has 1 aromatic heterocycles. The monoisotopic (exact) mass is 263 g/mol. The zero-order valence-corrected chi connectivity index (χ0v) is 11.9. The molecule has 3 nitrogen and oxygen atoms in total. The number of rotatable bonds is 3. The Hall–Kier alpha value is -0.610. The molecule has 2 aliphatic heterocycles. The zero-order chi connectivity index (χ0) is 12.4. The van der Waals surface area contributed by atoms with Crippen molar-refractivity contribution in [1.82, 2.24) is 15.3 Å². The fourth-order valence-corrected chi connectivity index (χ4v) is 4.03. The van der Waals surface area contributed by atoms with Gasteiger partial charge in [0.2, 0.25) is 0 Å². The second kappa shape index (κ2) is 5.57. The van der Waals surface area contributed by atoms with Crippen LogP contribution in [0.25, 0.3) is 0 Å². The summed E-state index contributed by atoms with van der Waals surface area (Å²) in [5, 5.41) is 3.95. The minimum absolute atomic E-state index is 0.542. The van der Waals surface area contributed by atoms with E-state index in [9.17, 15) is 0 Å². The molecule has 1 fully saturated rings. The summed E-state index contributed by atoms with van der Waals surface area (Å²) < 4.78 is 0. The molecule has 1 unspecified atom stereocenters. The van der Waals surface area contributed by atoms with Crippen molar-refractivity contribution in [2.45, 2.75) is 57.4 Å². The Balaban J connectivity index is 1.92. The molecule has 0 spiro atoms. The van der Waals surface area contributed by atoms with Crippen LogP contribution in [0.2, 0.25) is 0 Å². The topological polar surface area (TPSA) is 37.8 Å². The highest BCUT2D eigenvalue weighted by atomic mass is 32.2. The van der Waals surface area contributed by atoms with E-state index in [2.05, 4.69) is 12.2 Å². The number of nitrogens with zero attached hydrogens (tertiary/aromatic N) is 2. The molecular formula is C14H21N3S. The molecule has 1 atom stereocenters. The Bertz CT molecular complexity index is 427. The molecule has 98 valence electrons. The number of thioether (sulfide) groups is 1. The van der Waals surface area contributed by atoms with E-state index in [1.807, 2.05) is 11.8 Å². The third-order valence-corrected chi connectivity index (χ3v) is 5.12. The van der Waals surface area contributed by atoms with E-state index in [-0.39, 0.29) is 0 Å². The largest absolute Gasteiger partial charge is 0.307 e. The first-order chi connectivity index (χ1) is 8.88.